The van der Waals surface area contributed by atoms with E-state index in [0.717, 1.165) is 26.2 Å². The van der Waals surface area contributed by atoms with Gasteiger partial charge in [0, 0.05) is 29.4 Å². The Labute approximate surface area is 119 Å². The van der Waals surface area contributed by atoms with E-state index in [9.17, 15) is 4.79 Å². The topological polar surface area (TPSA) is 32.3 Å². The maximum absolute atomic E-state index is 12.3. The van der Waals surface area contributed by atoms with Crippen LogP contribution >= 0.6 is 11.3 Å². The van der Waals surface area contributed by atoms with Crippen LogP contribution in [0.25, 0.3) is 0 Å². The van der Waals surface area contributed by atoms with E-state index in [0.29, 0.717) is 17.7 Å². The molecule has 3 nitrogen and oxygen atoms in total. The SMILES string of the molecule is Cc1ccc(CC(=O)N2CCC3(CCNC3)CC2)s1. The zero-order chi connectivity index (χ0) is 13.3. The van der Waals surface area contributed by atoms with Gasteiger partial charge in [-0.3, -0.25) is 4.79 Å². The molecule has 19 heavy (non-hydrogen) atoms. The second-order valence-electron chi connectivity index (χ2n) is 6.00. The molecule has 2 aliphatic rings. The summed E-state index contributed by atoms with van der Waals surface area (Å²) < 4.78 is 0. The number of carbonyl (C=O) groups is 1. The van der Waals surface area contributed by atoms with E-state index in [4.69, 9.17) is 0 Å². The highest BCUT2D eigenvalue weighted by atomic mass is 32.1. The Morgan fingerprint density at radius 2 is 2.16 bits per heavy atom. The third-order valence-corrected chi connectivity index (χ3v) is 5.63. The van der Waals surface area contributed by atoms with E-state index >= 15 is 0 Å². The van der Waals surface area contributed by atoms with Gasteiger partial charge >= 0.3 is 0 Å². The van der Waals surface area contributed by atoms with Crippen LogP contribution in [-0.4, -0.2) is 37.0 Å². The molecule has 1 N–H and O–H groups in total. The Morgan fingerprint density at radius 3 is 2.74 bits per heavy atom. The van der Waals surface area contributed by atoms with Crippen molar-refractivity contribution in [1.29, 1.82) is 0 Å². The van der Waals surface area contributed by atoms with Gasteiger partial charge in [0.2, 0.25) is 5.91 Å². The first kappa shape index (κ1) is 13.1. The van der Waals surface area contributed by atoms with Crippen molar-refractivity contribution in [3.63, 3.8) is 0 Å². The fourth-order valence-corrected chi connectivity index (χ4v) is 4.18. The number of nitrogens with zero attached hydrogens (tertiary/aromatic N) is 1. The summed E-state index contributed by atoms with van der Waals surface area (Å²) in [6.45, 7) is 6.30. The van der Waals surface area contributed by atoms with Gasteiger partial charge in [-0.25, -0.2) is 0 Å². The monoisotopic (exact) mass is 278 g/mol. The zero-order valence-electron chi connectivity index (χ0n) is 11.6. The molecule has 4 heteroatoms. The standard InChI is InChI=1S/C15H22N2OS/c1-12-2-3-13(19-12)10-14(18)17-8-5-15(6-9-17)4-7-16-11-15/h2-3,16H,4-11H2,1H3. The Kier molecular flexibility index (Phi) is 3.63. The minimum atomic E-state index is 0.308. The molecule has 0 bridgehead atoms. The summed E-state index contributed by atoms with van der Waals surface area (Å²) in [6, 6.07) is 4.19. The van der Waals surface area contributed by atoms with E-state index in [1.165, 1.54) is 29.0 Å². The van der Waals surface area contributed by atoms with E-state index in [1.54, 1.807) is 11.3 Å². The second-order valence-corrected chi connectivity index (χ2v) is 7.37. The molecule has 0 unspecified atom stereocenters. The first-order valence-electron chi connectivity index (χ1n) is 7.21. The Bertz CT molecular complexity index is 452. The molecule has 3 heterocycles. The summed E-state index contributed by atoms with van der Waals surface area (Å²) in [5.41, 5.74) is 0.496. The summed E-state index contributed by atoms with van der Waals surface area (Å²) in [5.74, 6) is 0.308. The van der Waals surface area contributed by atoms with Crippen LogP contribution in [0.1, 0.15) is 29.0 Å². The smallest absolute Gasteiger partial charge is 0.227 e. The molecule has 0 aliphatic carbocycles. The fourth-order valence-electron chi connectivity index (χ4n) is 3.29. The minimum absolute atomic E-state index is 0.308. The lowest BCUT2D eigenvalue weighted by molar-refractivity contribution is -0.132. The van der Waals surface area contributed by atoms with Crippen molar-refractivity contribution in [1.82, 2.24) is 10.2 Å². The van der Waals surface area contributed by atoms with E-state index in [1.807, 2.05) is 0 Å². The number of piperidine rings is 1. The number of thiophene rings is 1. The van der Waals surface area contributed by atoms with Gasteiger partial charge in [-0.1, -0.05) is 0 Å². The van der Waals surface area contributed by atoms with E-state index in [-0.39, 0.29) is 0 Å². The molecule has 2 fully saturated rings. The van der Waals surface area contributed by atoms with Crippen molar-refractivity contribution in [2.75, 3.05) is 26.2 Å². The van der Waals surface area contributed by atoms with Gasteiger partial charge in [-0.15, -0.1) is 11.3 Å². The molecule has 0 radical (unpaired) electrons. The lowest BCUT2D eigenvalue weighted by Gasteiger charge is -2.38. The predicted octanol–water partition coefficient (Wildman–Crippen LogP) is 2.20. The van der Waals surface area contributed by atoms with Crippen LogP contribution in [0.3, 0.4) is 0 Å². The Balaban J connectivity index is 1.54. The maximum Gasteiger partial charge on any atom is 0.227 e. The van der Waals surface area contributed by atoms with Crippen LogP contribution in [-0.2, 0) is 11.2 Å². The van der Waals surface area contributed by atoms with E-state index < -0.39 is 0 Å². The lowest BCUT2D eigenvalue weighted by Crippen LogP contribution is -2.44. The van der Waals surface area contributed by atoms with Crippen molar-refractivity contribution in [2.45, 2.75) is 32.6 Å². The number of aryl methyl sites for hydroxylation is 1. The fraction of sp³-hybridized carbons (Fsp3) is 0.667. The van der Waals surface area contributed by atoms with Gasteiger partial charge in [0.25, 0.3) is 0 Å². The highest BCUT2D eigenvalue weighted by Crippen LogP contribution is 2.37. The number of hydrogen-bond donors (Lipinski definition) is 1. The molecule has 1 amide bonds. The molecule has 3 rings (SSSR count). The predicted molar refractivity (Wildman–Crippen MR) is 78.5 cm³/mol. The van der Waals surface area contributed by atoms with Gasteiger partial charge in [0.15, 0.2) is 0 Å². The largest absolute Gasteiger partial charge is 0.342 e. The van der Waals surface area contributed by atoms with Crippen molar-refractivity contribution >= 4 is 17.2 Å². The van der Waals surface area contributed by atoms with Crippen LogP contribution in [0, 0.1) is 12.3 Å². The van der Waals surface area contributed by atoms with Crippen molar-refractivity contribution < 1.29 is 4.79 Å². The van der Waals surface area contributed by atoms with Gasteiger partial charge < -0.3 is 10.2 Å². The molecule has 2 saturated heterocycles. The molecule has 1 aromatic heterocycles. The van der Waals surface area contributed by atoms with Crippen molar-refractivity contribution in [2.24, 2.45) is 5.41 Å². The first-order valence-corrected chi connectivity index (χ1v) is 8.02. The quantitative estimate of drug-likeness (QED) is 0.899. The summed E-state index contributed by atoms with van der Waals surface area (Å²) in [7, 11) is 0. The molecule has 0 aromatic carbocycles. The number of amides is 1. The molecule has 1 aromatic rings. The minimum Gasteiger partial charge on any atom is -0.342 e. The molecule has 104 valence electrons. The molecule has 1 spiro atoms. The molecule has 2 aliphatic heterocycles. The highest BCUT2D eigenvalue weighted by Gasteiger charge is 2.37. The number of carbonyl (C=O) groups excluding carboxylic acids is 1. The van der Waals surface area contributed by atoms with Gasteiger partial charge in [-0.2, -0.15) is 0 Å². The van der Waals surface area contributed by atoms with Crippen LogP contribution < -0.4 is 5.32 Å². The van der Waals surface area contributed by atoms with Gasteiger partial charge in [0.1, 0.15) is 0 Å². The summed E-state index contributed by atoms with van der Waals surface area (Å²) in [4.78, 5) is 16.9. The number of nitrogens with one attached hydrogen (secondary N) is 1. The molecule has 0 atom stereocenters. The maximum atomic E-state index is 12.3. The highest BCUT2D eigenvalue weighted by molar-refractivity contribution is 7.12. The Hall–Kier alpha value is -0.870. The second kappa shape index (κ2) is 5.25. The summed E-state index contributed by atoms with van der Waals surface area (Å²) in [6.07, 6.45) is 4.23. The van der Waals surface area contributed by atoms with Gasteiger partial charge in [0.05, 0.1) is 6.42 Å². The number of hydrogen-bond acceptors (Lipinski definition) is 3. The van der Waals surface area contributed by atoms with Crippen molar-refractivity contribution in [3.8, 4) is 0 Å². The lowest BCUT2D eigenvalue weighted by atomic mass is 9.78. The van der Waals surface area contributed by atoms with Crippen LogP contribution in [0.5, 0.6) is 0 Å². The molecular weight excluding hydrogens is 256 g/mol. The van der Waals surface area contributed by atoms with Crippen molar-refractivity contribution in [3.05, 3.63) is 21.9 Å². The third kappa shape index (κ3) is 2.84. The summed E-state index contributed by atoms with van der Waals surface area (Å²) in [5, 5.41) is 3.47. The average molecular weight is 278 g/mol. The third-order valence-electron chi connectivity index (χ3n) is 4.63. The van der Waals surface area contributed by atoms with Crippen LogP contribution in [0.4, 0.5) is 0 Å². The Morgan fingerprint density at radius 1 is 1.37 bits per heavy atom. The van der Waals surface area contributed by atoms with Gasteiger partial charge in [-0.05, 0) is 50.3 Å². The number of likely N-dealkylation sites (tertiary alicyclic amines) is 1. The zero-order valence-corrected chi connectivity index (χ0v) is 12.4. The van der Waals surface area contributed by atoms with Crippen LogP contribution in [0.2, 0.25) is 0 Å². The molecular formula is C15H22N2OS. The van der Waals surface area contributed by atoms with Crippen LogP contribution in [0.15, 0.2) is 12.1 Å². The summed E-state index contributed by atoms with van der Waals surface area (Å²) >= 11 is 1.74. The average Bonchev–Trinajstić information content (AvgIpc) is 3.00. The number of rotatable bonds is 2. The normalized spacial score (nSPS) is 22.1. The molecule has 0 saturated carbocycles. The van der Waals surface area contributed by atoms with E-state index in [2.05, 4.69) is 29.3 Å². The first-order chi connectivity index (χ1) is 9.17.